The van der Waals surface area contributed by atoms with E-state index in [0.717, 1.165) is 31.6 Å². The molecule has 30 heavy (non-hydrogen) atoms. The summed E-state index contributed by atoms with van der Waals surface area (Å²) >= 11 is 12.6. The number of benzene rings is 1. The molecule has 8 nitrogen and oxygen atoms in total. The summed E-state index contributed by atoms with van der Waals surface area (Å²) in [6, 6.07) is 6.53. The lowest BCUT2D eigenvalue weighted by molar-refractivity contribution is -0.145. The molecule has 1 saturated heterocycles. The number of carbonyl (C=O) groups is 1. The number of hydrazone groups is 1. The summed E-state index contributed by atoms with van der Waals surface area (Å²) < 4.78 is 16.2. The topological polar surface area (TPSA) is 94.1 Å². The van der Waals surface area contributed by atoms with Crippen LogP contribution < -0.4 is 20.2 Å². The highest BCUT2D eigenvalue weighted by molar-refractivity contribution is 6.37. The van der Waals surface area contributed by atoms with Gasteiger partial charge < -0.3 is 19.5 Å². The lowest BCUT2D eigenvalue weighted by Gasteiger charge is -2.16. The number of piperidine rings is 1. The number of halogens is 2. The molecule has 0 radical (unpaired) electrons. The molecule has 0 amide bonds. The quantitative estimate of drug-likeness (QED) is 0.445. The Kier molecular flexibility index (Phi) is 7.98. The number of pyridine rings is 1. The van der Waals surface area contributed by atoms with Crippen LogP contribution in [0.2, 0.25) is 10.0 Å². The SMILES string of the molecule is CCOC(=O)COc1ncccc1Oc1cc(N/N=C2/CCCCN2)c(Cl)cc1Cl. The summed E-state index contributed by atoms with van der Waals surface area (Å²) in [6.45, 7) is 2.60. The molecule has 3 rings (SSSR count). The highest BCUT2D eigenvalue weighted by atomic mass is 35.5. The first-order chi connectivity index (χ1) is 14.6. The van der Waals surface area contributed by atoms with E-state index in [0.29, 0.717) is 21.5 Å². The maximum Gasteiger partial charge on any atom is 0.344 e. The molecule has 2 N–H and O–H groups in total. The Hall–Kier alpha value is -2.71. The summed E-state index contributed by atoms with van der Waals surface area (Å²) in [6.07, 6.45) is 4.62. The number of nitrogens with zero attached hydrogens (tertiary/aromatic N) is 2. The van der Waals surface area contributed by atoms with Crippen LogP contribution >= 0.6 is 23.2 Å². The van der Waals surface area contributed by atoms with E-state index in [1.165, 1.54) is 6.20 Å². The molecule has 0 aliphatic carbocycles. The van der Waals surface area contributed by atoms with Crippen LogP contribution in [0.1, 0.15) is 26.2 Å². The van der Waals surface area contributed by atoms with Gasteiger partial charge in [0.05, 0.1) is 22.3 Å². The second-order valence-corrected chi connectivity index (χ2v) is 7.13. The van der Waals surface area contributed by atoms with Gasteiger partial charge in [0.25, 0.3) is 5.88 Å². The highest BCUT2D eigenvalue weighted by Gasteiger charge is 2.15. The van der Waals surface area contributed by atoms with Gasteiger partial charge in [-0.25, -0.2) is 9.78 Å². The number of carbonyl (C=O) groups excluding carboxylic acids is 1. The van der Waals surface area contributed by atoms with Gasteiger partial charge >= 0.3 is 5.97 Å². The van der Waals surface area contributed by atoms with Crippen molar-refractivity contribution >= 4 is 40.7 Å². The van der Waals surface area contributed by atoms with Crippen molar-refractivity contribution < 1.29 is 19.0 Å². The third-order valence-corrected chi connectivity index (χ3v) is 4.70. The van der Waals surface area contributed by atoms with E-state index in [2.05, 4.69) is 20.8 Å². The van der Waals surface area contributed by atoms with E-state index in [1.807, 2.05) is 0 Å². The van der Waals surface area contributed by atoms with Gasteiger partial charge in [0.15, 0.2) is 12.4 Å². The van der Waals surface area contributed by atoms with Gasteiger partial charge in [0.1, 0.15) is 11.6 Å². The number of rotatable bonds is 8. The lowest BCUT2D eigenvalue weighted by atomic mass is 10.1. The van der Waals surface area contributed by atoms with E-state index in [9.17, 15) is 4.79 Å². The molecular formula is C20H22Cl2N4O4. The number of anilines is 1. The van der Waals surface area contributed by atoms with Crippen LogP contribution in [0.3, 0.4) is 0 Å². The maximum atomic E-state index is 11.5. The standard InChI is InChI=1S/C20H22Cl2N4O4/c1-2-28-19(27)12-29-20-16(6-5-9-24-20)30-17-11-15(13(21)10-14(17)22)25-26-18-7-3-4-8-23-18/h5-6,9-11,25H,2-4,7-8,12H2,1H3,(H,23,26). The lowest BCUT2D eigenvalue weighted by Crippen LogP contribution is -2.29. The molecule has 2 aromatic rings. The minimum Gasteiger partial charge on any atom is -0.463 e. The van der Waals surface area contributed by atoms with Crippen LogP contribution in [0.4, 0.5) is 5.69 Å². The Balaban J connectivity index is 1.75. The zero-order chi connectivity index (χ0) is 21.3. The van der Waals surface area contributed by atoms with Gasteiger partial charge in [-0.15, -0.1) is 0 Å². The highest BCUT2D eigenvalue weighted by Crippen LogP contribution is 2.38. The molecule has 2 heterocycles. The summed E-state index contributed by atoms with van der Waals surface area (Å²) in [7, 11) is 0. The van der Waals surface area contributed by atoms with Crippen LogP contribution in [0.25, 0.3) is 0 Å². The molecule has 0 spiro atoms. The average Bonchev–Trinajstić information content (AvgIpc) is 2.75. The first-order valence-corrected chi connectivity index (χ1v) is 10.3. The Morgan fingerprint density at radius 2 is 2.13 bits per heavy atom. The number of esters is 1. The monoisotopic (exact) mass is 452 g/mol. The predicted molar refractivity (Wildman–Crippen MR) is 116 cm³/mol. The van der Waals surface area contributed by atoms with E-state index in [1.54, 1.807) is 31.2 Å². The van der Waals surface area contributed by atoms with Gasteiger partial charge in [-0.1, -0.05) is 23.2 Å². The normalized spacial score (nSPS) is 14.7. The second-order valence-electron chi connectivity index (χ2n) is 6.32. The Bertz CT molecular complexity index is 916. The number of hydrogen-bond donors (Lipinski definition) is 2. The zero-order valence-corrected chi connectivity index (χ0v) is 17.9. The molecule has 1 aliphatic rings. The van der Waals surface area contributed by atoms with Crippen LogP contribution in [0.5, 0.6) is 17.4 Å². The molecule has 1 fully saturated rings. The fourth-order valence-electron chi connectivity index (χ4n) is 2.67. The molecule has 0 atom stereocenters. The average molecular weight is 453 g/mol. The molecule has 0 saturated carbocycles. The molecule has 0 unspecified atom stereocenters. The predicted octanol–water partition coefficient (Wildman–Crippen LogP) is 4.62. The number of hydrogen-bond acceptors (Lipinski definition) is 7. The molecule has 0 bridgehead atoms. The molecule has 160 valence electrons. The van der Waals surface area contributed by atoms with Crippen LogP contribution in [-0.2, 0) is 9.53 Å². The minimum absolute atomic E-state index is 0.137. The Morgan fingerprint density at radius 3 is 2.90 bits per heavy atom. The molecule has 10 heteroatoms. The Morgan fingerprint density at radius 1 is 1.27 bits per heavy atom. The van der Waals surface area contributed by atoms with Crippen molar-refractivity contribution in [3.8, 4) is 17.4 Å². The fourth-order valence-corrected chi connectivity index (χ4v) is 3.13. The van der Waals surface area contributed by atoms with Crippen LogP contribution in [0.15, 0.2) is 35.6 Å². The summed E-state index contributed by atoms with van der Waals surface area (Å²) in [5, 5.41) is 8.30. The number of aromatic nitrogens is 1. The van der Waals surface area contributed by atoms with Crippen molar-refractivity contribution in [1.82, 2.24) is 10.3 Å². The Labute approximate surface area is 184 Å². The zero-order valence-electron chi connectivity index (χ0n) is 16.4. The largest absolute Gasteiger partial charge is 0.463 e. The van der Waals surface area contributed by atoms with Crippen molar-refractivity contribution in [2.75, 3.05) is 25.2 Å². The maximum absolute atomic E-state index is 11.5. The van der Waals surface area contributed by atoms with Crippen molar-refractivity contribution in [1.29, 1.82) is 0 Å². The number of amidine groups is 1. The third kappa shape index (κ3) is 6.14. The third-order valence-electron chi connectivity index (χ3n) is 4.09. The van der Waals surface area contributed by atoms with E-state index in [4.69, 9.17) is 37.4 Å². The van der Waals surface area contributed by atoms with E-state index in [-0.39, 0.29) is 24.8 Å². The fraction of sp³-hybridized carbons (Fsp3) is 0.350. The van der Waals surface area contributed by atoms with Gasteiger partial charge in [-0.3, -0.25) is 5.43 Å². The second kappa shape index (κ2) is 10.9. The van der Waals surface area contributed by atoms with Crippen molar-refractivity contribution in [2.24, 2.45) is 5.10 Å². The van der Waals surface area contributed by atoms with Crippen molar-refractivity contribution in [3.05, 3.63) is 40.5 Å². The minimum atomic E-state index is -0.499. The molecular weight excluding hydrogens is 431 g/mol. The number of ether oxygens (including phenoxy) is 3. The number of nitrogens with one attached hydrogen (secondary N) is 2. The summed E-state index contributed by atoms with van der Waals surface area (Å²) in [5.41, 5.74) is 3.49. The van der Waals surface area contributed by atoms with Crippen LogP contribution in [0, 0.1) is 0 Å². The summed E-state index contributed by atoms with van der Waals surface area (Å²) in [4.78, 5) is 15.7. The summed E-state index contributed by atoms with van der Waals surface area (Å²) in [5.74, 6) is 1.13. The first kappa shape index (κ1) is 22.0. The van der Waals surface area contributed by atoms with Gasteiger partial charge in [-0.05, 0) is 38.0 Å². The first-order valence-electron chi connectivity index (χ1n) is 9.53. The molecule has 1 aromatic carbocycles. The molecule has 1 aliphatic heterocycles. The van der Waals surface area contributed by atoms with Gasteiger partial charge in [0.2, 0.25) is 0 Å². The molecule has 1 aromatic heterocycles. The van der Waals surface area contributed by atoms with Gasteiger partial charge in [0, 0.05) is 25.2 Å². The van der Waals surface area contributed by atoms with Gasteiger partial charge in [-0.2, -0.15) is 5.10 Å². The van der Waals surface area contributed by atoms with E-state index >= 15 is 0 Å². The van der Waals surface area contributed by atoms with Crippen molar-refractivity contribution in [3.63, 3.8) is 0 Å². The van der Waals surface area contributed by atoms with Crippen molar-refractivity contribution in [2.45, 2.75) is 26.2 Å². The van der Waals surface area contributed by atoms with Crippen LogP contribution in [-0.4, -0.2) is 36.5 Å². The smallest absolute Gasteiger partial charge is 0.344 e. The van der Waals surface area contributed by atoms with E-state index < -0.39 is 5.97 Å².